The lowest BCUT2D eigenvalue weighted by Crippen LogP contribution is -2.13. The van der Waals surface area contributed by atoms with Gasteiger partial charge in [-0.25, -0.2) is 0 Å². The van der Waals surface area contributed by atoms with Gasteiger partial charge in [-0.3, -0.25) is 0 Å². The lowest BCUT2D eigenvalue weighted by Gasteiger charge is -2.13. The lowest BCUT2D eigenvalue weighted by atomic mass is 9.98. The molecule has 0 fully saturated rings. The van der Waals surface area contributed by atoms with E-state index in [4.69, 9.17) is 0 Å². The first-order valence-electron chi connectivity index (χ1n) is 5.51. The average Bonchev–Trinajstić information content (AvgIpc) is 2.21. The molecule has 0 amide bonds. The summed E-state index contributed by atoms with van der Waals surface area (Å²) < 4.78 is 0. The summed E-state index contributed by atoms with van der Waals surface area (Å²) in [4.78, 5) is 2.22. The molecule has 0 unspecified atom stereocenters. The van der Waals surface area contributed by atoms with Gasteiger partial charge < -0.3 is 4.90 Å². The number of nitrogens with zero attached hydrogens (tertiary/aromatic N) is 1. The molecule has 0 spiro atoms. The summed E-state index contributed by atoms with van der Waals surface area (Å²) in [5, 5.41) is 0. The molecule has 0 aliphatic rings. The molecule has 0 aliphatic heterocycles. The normalized spacial score (nSPS) is 12.2. The van der Waals surface area contributed by atoms with Gasteiger partial charge in [0.25, 0.3) is 0 Å². The molecular weight excluding hydrogens is 182 g/mol. The van der Waals surface area contributed by atoms with Crippen LogP contribution in [0, 0.1) is 6.92 Å². The minimum Gasteiger partial charge on any atom is -0.309 e. The van der Waals surface area contributed by atoms with Crippen LogP contribution in [0.3, 0.4) is 0 Å². The molecular formula is C14H21N. The summed E-state index contributed by atoms with van der Waals surface area (Å²) in [5.74, 6) is 0. The third kappa shape index (κ3) is 3.52. The molecule has 1 rings (SSSR count). The third-order valence-electron chi connectivity index (χ3n) is 2.67. The molecule has 0 aromatic heterocycles. The highest BCUT2D eigenvalue weighted by molar-refractivity contribution is 5.67. The number of hydrogen-bond acceptors (Lipinski definition) is 1. The Morgan fingerprint density at radius 2 is 1.93 bits per heavy atom. The Kier molecular flexibility index (Phi) is 4.57. The summed E-state index contributed by atoms with van der Waals surface area (Å²) >= 11 is 0. The Bertz CT molecular complexity index is 337. The van der Waals surface area contributed by atoms with E-state index < -0.39 is 0 Å². The minimum atomic E-state index is 1.11. The highest BCUT2D eigenvalue weighted by Crippen LogP contribution is 2.21. The van der Waals surface area contributed by atoms with Gasteiger partial charge in [-0.2, -0.15) is 0 Å². The second-order valence-corrected chi connectivity index (χ2v) is 4.18. The molecule has 1 aromatic carbocycles. The maximum atomic E-state index is 2.23. The van der Waals surface area contributed by atoms with E-state index in [0.717, 1.165) is 13.0 Å². The van der Waals surface area contributed by atoms with Crippen LogP contribution in [0.2, 0.25) is 0 Å². The number of rotatable bonds is 4. The Morgan fingerprint density at radius 3 is 2.47 bits per heavy atom. The summed E-state index contributed by atoms with van der Waals surface area (Å²) in [6, 6.07) is 8.59. The molecule has 1 aromatic rings. The molecule has 0 N–H and O–H groups in total. The van der Waals surface area contributed by atoms with E-state index in [1.54, 1.807) is 0 Å². The van der Waals surface area contributed by atoms with Crippen LogP contribution in [0.5, 0.6) is 0 Å². The molecule has 0 heterocycles. The van der Waals surface area contributed by atoms with Crippen molar-refractivity contribution in [3.8, 4) is 0 Å². The van der Waals surface area contributed by atoms with Gasteiger partial charge in [0, 0.05) is 6.54 Å². The smallest absolute Gasteiger partial charge is 0.00158 e. The highest BCUT2D eigenvalue weighted by atomic mass is 15.0. The molecule has 0 atom stereocenters. The maximum absolute atomic E-state index is 2.23. The SMILES string of the molecule is C/C=C(/CCN(C)C)c1ccccc1C. The third-order valence-corrected chi connectivity index (χ3v) is 2.67. The van der Waals surface area contributed by atoms with E-state index in [1.165, 1.54) is 16.7 Å². The van der Waals surface area contributed by atoms with Crippen molar-refractivity contribution in [1.29, 1.82) is 0 Å². The first-order valence-corrected chi connectivity index (χ1v) is 5.51. The predicted molar refractivity (Wildman–Crippen MR) is 68.0 cm³/mol. The van der Waals surface area contributed by atoms with Crippen LogP contribution in [-0.4, -0.2) is 25.5 Å². The van der Waals surface area contributed by atoms with E-state index in [0.29, 0.717) is 0 Å². The van der Waals surface area contributed by atoms with Crippen LogP contribution in [-0.2, 0) is 0 Å². The van der Waals surface area contributed by atoms with E-state index >= 15 is 0 Å². The molecule has 0 saturated heterocycles. The Hall–Kier alpha value is -1.08. The summed E-state index contributed by atoms with van der Waals surface area (Å²) in [7, 11) is 4.23. The van der Waals surface area contributed by atoms with Gasteiger partial charge in [0.1, 0.15) is 0 Å². The van der Waals surface area contributed by atoms with Crippen LogP contribution in [0.4, 0.5) is 0 Å². The standard InChI is InChI=1S/C14H21N/c1-5-13(10-11-15(3)4)14-9-7-6-8-12(14)2/h5-9H,10-11H2,1-4H3/b13-5-. The van der Waals surface area contributed by atoms with Crippen LogP contribution in [0.25, 0.3) is 5.57 Å². The van der Waals surface area contributed by atoms with Gasteiger partial charge in [-0.15, -0.1) is 0 Å². The summed E-state index contributed by atoms with van der Waals surface area (Å²) in [6.07, 6.45) is 3.35. The Morgan fingerprint density at radius 1 is 1.27 bits per heavy atom. The van der Waals surface area contributed by atoms with Crippen LogP contribution >= 0.6 is 0 Å². The fraction of sp³-hybridized carbons (Fsp3) is 0.429. The van der Waals surface area contributed by atoms with Crippen molar-refractivity contribution in [3.63, 3.8) is 0 Å². The molecule has 0 bridgehead atoms. The lowest BCUT2D eigenvalue weighted by molar-refractivity contribution is 0.419. The zero-order valence-corrected chi connectivity index (χ0v) is 10.2. The molecule has 15 heavy (non-hydrogen) atoms. The van der Waals surface area contributed by atoms with Gasteiger partial charge in [0.05, 0.1) is 0 Å². The van der Waals surface area contributed by atoms with Crippen LogP contribution in [0.1, 0.15) is 24.5 Å². The van der Waals surface area contributed by atoms with Crippen molar-refractivity contribution in [2.45, 2.75) is 20.3 Å². The number of benzene rings is 1. The van der Waals surface area contributed by atoms with Crippen molar-refractivity contribution in [2.24, 2.45) is 0 Å². The topological polar surface area (TPSA) is 3.24 Å². The zero-order valence-electron chi connectivity index (χ0n) is 10.2. The van der Waals surface area contributed by atoms with Gasteiger partial charge in [0.15, 0.2) is 0 Å². The van der Waals surface area contributed by atoms with Crippen molar-refractivity contribution in [1.82, 2.24) is 4.90 Å². The van der Waals surface area contributed by atoms with Crippen molar-refractivity contribution < 1.29 is 0 Å². The first-order chi connectivity index (χ1) is 7.15. The average molecular weight is 203 g/mol. The molecule has 1 heteroatoms. The van der Waals surface area contributed by atoms with Gasteiger partial charge in [-0.05, 0) is 51.1 Å². The van der Waals surface area contributed by atoms with E-state index in [-0.39, 0.29) is 0 Å². The second kappa shape index (κ2) is 5.72. The Labute approximate surface area is 93.4 Å². The van der Waals surface area contributed by atoms with Gasteiger partial charge in [-0.1, -0.05) is 30.3 Å². The molecule has 1 nitrogen and oxygen atoms in total. The monoisotopic (exact) mass is 203 g/mol. The van der Waals surface area contributed by atoms with E-state index in [2.05, 4.69) is 63.2 Å². The second-order valence-electron chi connectivity index (χ2n) is 4.18. The number of allylic oxidation sites excluding steroid dienone is 1. The van der Waals surface area contributed by atoms with Crippen molar-refractivity contribution in [2.75, 3.05) is 20.6 Å². The maximum Gasteiger partial charge on any atom is 0.00158 e. The summed E-state index contributed by atoms with van der Waals surface area (Å²) in [5.41, 5.74) is 4.20. The minimum absolute atomic E-state index is 1.11. The first kappa shape index (κ1) is 12.0. The van der Waals surface area contributed by atoms with E-state index in [9.17, 15) is 0 Å². The molecule has 82 valence electrons. The molecule has 0 radical (unpaired) electrons. The molecule has 0 aliphatic carbocycles. The summed E-state index contributed by atoms with van der Waals surface area (Å²) in [6.45, 7) is 5.40. The fourth-order valence-electron chi connectivity index (χ4n) is 1.71. The largest absolute Gasteiger partial charge is 0.309 e. The quantitative estimate of drug-likeness (QED) is 0.725. The van der Waals surface area contributed by atoms with E-state index in [1.807, 2.05) is 0 Å². The fourth-order valence-corrected chi connectivity index (χ4v) is 1.71. The number of hydrogen-bond donors (Lipinski definition) is 0. The van der Waals surface area contributed by atoms with Gasteiger partial charge >= 0.3 is 0 Å². The molecule has 0 saturated carbocycles. The van der Waals surface area contributed by atoms with Crippen LogP contribution in [0.15, 0.2) is 30.3 Å². The van der Waals surface area contributed by atoms with Crippen molar-refractivity contribution in [3.05, 3.63) is 41.5 Å². The van der Waals surface area contributed by atoms with Crippen molar-refractivity contribution >= 4 is 5.57 Å². The number of aryl methyl sites for hydroxylation is 1. The predicted octanol–water partition coefficient (Wildman–Crippen LogP) is 3.35. The van der Waals surface area contributed by atoms with Gasteiger partial charge in [0.2, 0.25) is 0 Å². The zero-order chi connectivity index (χ0) is 11.3. The Balaban J connectivity index is 2.80. The highest BCUT2D eigenvalue weighted by Gasteiger charge is 2.03. The van der Waals surface area contributed by atoms with Crippen LogP contribution < -0.4 is 0 Å².